The zero-order valence-electron chi connectivity index (χ0n) is 21.0. The average molecular weight is 543 g/mol. The van der Waals surface area contributed by atoms with Crippen molar-refractivity contribution in [3.8, 4) is 5.88 Å². The number of fused-ring (bicyclic) bond motifs is 1. The number of ether oxygens (including phenoxy) is 2. The molecule has 4 atom stereocenters. The fourth-order valence-electron chi connectivity index (χ4n) is 4.28. The van der Waals surface area contributed by atoms with Crippen molar-refractivity contribution in [3.05, 3.63) is 65.9 Å². The molecule has 1 aliphatic heterocycles. The molecule has 0 aliphatic carbocycles. The third kappa shape index (κ3) is 7.11. The molecule has 4 rings (SSSR count). The Balaban J connectivity index is 1.44. The van der Waals surface area contributed by atoms with Gasteiger partial charge in [0.1, 0.15) is 23.3 Å². The number of nitrogens with zero attached hydrogens (tertiary/aromatic N) is 2. The van der Waals surface area contributed by atoms with Gasteiger partial charge in [0, 0.05) is 30.3 Å². The number of aliphatic hydroxyl groups is 2. The molecule has 0 bridgehead atoms. The maximum atomic E-state index is 13.8. The molecule has 1 aromatic carbocycles. The predicted molar refractivity (Wildman–Crippen MR) is 138 cm³/mol. The van der Waals surface area contributed by atoms with Crippen LogP contribution in [0.15, 0.2) is 48.7 Å². The molecule has 1 fully saturated rings. The standard InChI is InChI=1S/C27H28F2N4O6/c1-38-25-9-6-20-26(33-25)21(10-11-30-20)32-27(37)22-7-5-19(23(39-22)13-17(35)14-34)31-24(36)8-2-15-12-16(28)3-4-18(15)29/h2-4,6,8-12,17,19,22-23,34-35H,5,7,13-14H2,1H3,(H,31,36)(H,30,32,37)/b8-2+/t17-,19-,22+,23-/m1/s1. The summed E-state index contributed by atoms with van der Waals surface area (Å²) in [6.07, 6.45) is 1.37. The van der Waals surface area contributed by atoms with Crippen molar-refractivity contribution in [2.75, 3.05) is 19.0 Å². The van der Waals surface area contributed by atoms with E-state index in [1.54, 1.807) is 18.2 Å². The van der Waals surface area contributed by atoms with Crippen LogP contribution in [-0.2, 0) is 14.3 Å². The second-order valence-electron chi connectivity index (χ2n) is 9.00. The van der Waals surface area contributed by atoms with Gasteiger partial charge in [-0.1, -0.05) is 0 Å². The van der Waals surface area contributed by atoms with E-state index in [1.807, 2.05) is 0 Å². The summed E-state index contributed by atoms with van der Waals surface area (Å²) >= 11 is 0. The zero-order valence-corrected chi connectivity index (χ0v) is 21.0. The molecule has 1 aliphatic rings. The summed E-state index contributed by atoms with van der Waals surface area (Å²) in [7, 11) is 1.48. The van der Waals surface area contributed by atoms with Crippen molar-refractivity contribution in [3.63, 3.8) is 0 Å². The lowest BCUT2D eigenvalue weighted by molar-refractivity contribution is -0.143. The van der Waals surface area contributed by atoms with Crippen molar-refractivity contribution >= 4 is 34.6 Å². The molecule has 0 radical (unpaired) electrons. The van der Waals surface area contributed by atoms with Crippen LogP contribution in [0.5, 0.6) is 5.88 Å². The van der Waals surface area contributed by atoms with Gasteiger partial charge in [-0.15, -0.1) is 0 Å². The van der Waals surface area contributed by atoms with Crippen molar-refractivity contribution in [2.24, 2.45) is 0 Å². The van der Waals surface area contributed by atoms with E-state index in [-0.39, 0.29) is 18.4 Å². The van der Waals surface area contributed by atoms with Gasteiger partial charge in [0.05, 0.1) is 43.2 Å². The number of pyridine rings is 2. The Hall–Kier alpha value is -4.00. The van der Waals surface area contributed by atoms with Gasteiger partial charge < -0.3 is 30.3 Å². The molecule has 4 N–H and O–H groups in total. The molecule has 0 saturated carbocycles. The number of carbonyl (C=O) groups is 2. The maximum Gasteiger partial charge on any atom is 0.253 e. The Morgan fingerprint density at radius 1 is 1.23 bits per heavy atom. The molecule has 1 saturated heterocycles. The number of hydrogen-bond donors (Lipinski definition) is 4. The van der Waals surface area contributed by atoms with Crippen LogP contribution in [0.4, 0.5) is 14.5 Å². The highest BCUT2D eigenvalue weighted by Gasteiger charge is 2.36. The number of amides is 2. The highest BCUT2D eigenvalue weighted by molar-refractivity contribution is 6.01. The summed E-state index contributed by atoms with van der Waals surface area (Å²) in [5, 5.41) is 24.9. The van der Waals surface area contributed by atoms with E-state index in [9.17, 15) is 28.6 Å². The van der Waals surface area contributed by atoms with Gasteiger partial charge in [0.15, 0.2) is 0 Å². The molecule has 2 amide bonds. The number of anilines is 1. The number of aromatic nitrogens is 2. The Bertz CT molecular complexity index is 1370. The first kappa shape index (κ1) is 28.0. The van der Waals surface area contributed by atoms with E-state index in [4.69, 9.17) is 9.47 Å². The van der Waals surface area contributed by atoms with Gasteiger partial charge in [0.2, 0.25) is 11.8 Å². The quantitative estimate of drug-likeness (QED) is 0.302. The SMILES string of the molecule is COc1ccc2nccc(NC(=O)[C@@H]3CC[C@@H](NC(=O)/C=C/c4cc(F)ccc4F)[C@@H](C[C@@H](O)CO)O3)c2n1. The van der Waals surface area contributed by atoms with Crippen molar-refractivity contribution in [2.45, 2.75) is 43.6 Å². The third-order valence-electron chi connectivity index (χ3n) is 6.26. The molecule has 39 heavy (non-hydrogen) atoms. The topological polar surface area (TPSA) is 143 Å². The monoisotopic (exact) mass is 542 g/mol. The number of nitrogens with one attached hydrogen (secondary N) is 2. The fraction of sp³-hybridized carbons (Fsp3) is 0.333. The summed E-state index contributed by atoms with van der Waals surface area (Å²) in [4.78, 5) is 34.2. The molecule has 12 heteroatoms. The van der Waals surface area contributed by atoms with Crippen LogP contribution in [0.1, 0.15) is 24.8 Å². The Morgan fingerprint density at radius 2 is 2.05 bits per heavy atom. The largest absolute Gasteiger partial charge is 0.481 e. The Labute approximate surface area is 222 Å². The number of halogens is 2. The molecule has 3 heterocycles. The molecule has 0 unspecified atom stereocenters. The highest BCUT2D eigenvalue weighted by Crippen LogP contribution is 2.27. The Kier molecular flexibility index (Phi) is 9.12. The average Bonchev–Trinajstić information content (AvgIpc) is 2.94. The summed E-state index contributed by atoms with van der Waals surface area (Å²) < 4.78 is 38.4. The molecule has 2 aromatic heterocycles. The number of hydrogen-bond acceptors (Lipinski definition) is 8. The van der Waals surface area contributed by atoms with Gasteiger partial charge in [-0.25, -0.2) is 13.8 Å². The molecule has 0 spiro atoms. The molecule has 10 nitrogen and oxygen atoms in total. The van der Waals surface area contributed by atoms with Gasteiger partial charge in [0.25, 0.3) is 5.91 Å². The van der Waals surface area contributed by atoms with Crippen molar-refractivity contribution < 1.29 is 38.1 Å². The van der Waals surface area contributed by atoms with Crippen molar-refractivity contribution in [1.29, 1.82) is 0 Å². The first-order valence-electron chi connectivity index (χ1n) is 12.3. The minimum atomic E-state index is -1.14. The normalized spacial score (nSPS) is 20.1. The van der Waals surface area contributed by atoms with Crippen LogP contribution >= 0.6 is 0 Å². The zero-order chi connectivity index (χ0) is 27.9. The van der Waals surface area contributed by atoms with E-state index in [1.165, 1.54) is 13.3 Å². The smallest absolute Gasteiger partial charge is 0.253 e. The van der Waals surface area contributed by atoms with Gasteiger partial charge in [-0.3, -0.25) is 14.6 Å². The van der Waals surface area contributed by atoms with Crippen LogP contribution < -0.4 is 15.4 Å². The molecule has 206 valence electrons. The summed E-state index contributed by atoms with van der Waals surface area (Å²) in [6.45, 7) is -0.535. The lowest BCUT2D eigenvalue weighted by atomic mass is 9.94. The van der Waals surface area contributed by atoms with E-state index < -0.39 is 54.4 Å². The first-order chi connectivity index (χ1) is 18.8. The number of carbonyl (C=O) groups excluding carboxylic acids is 2. The Morgan fingerprint density at radius 3 is 2.82 bits per heavy atom. The minimum absolute atomic E-state index is 0.0512. The number of rotatable bonds is 9. The first-order valence-corrected chi connectivity index (χ1v) is 12.3. The molecular formula is C27H28F2N4O6. The molecular weight excluding hydrogens is 514 g/mol. The number of aliphatic hydroxyl groups excluding tert-OH is 2. The van der Waals surface area contributed by atoms with E-state index in [2.05, 4.69) is 20.6 Å². The van der Waals surface area contributed by atoms with Gasteiger partial charge in [-0.05, 0) is 49.2 Å². The van der Waals surface area contributed by atoms with Crippen LogP contribution in [0.25, 0.3) is 17.1 Å². The predicted octanol–water partition coefficient (Wildman–Crippen LogP) is 2.34. The minimum Gasteiger partial charge on any atom is -0.481 e. The van der Waals surface area contributed by atoms with Crippen LogP contribution in [0, 0.1) is 11.6 Å². The third-order valence-corrected chi connectivity index (χ3v) is 6.26. The second kappa shape index (κ2) is 12.7. The van der Waals surface area contributed by atoms with E-state index >= 15 is 0 Å². The van der Waals surface area contributed by atoms with Gasteiger partial charge >= 0.3 is 0 Å². The lowest BCUT2D eigenvalue weighted by Gasteiger charge is -2.37. The van der Waals surface area contributed by atoms with E-state index in [0.29, 0.717) is 29.0 Å². The highest BCUT2D eigenvalue weighted by atomic mass is 19.1. The van der Waals surface area contributed by atoms with Crippen molar-refractivity contribution in [1.82, 2.24) is 15.3 Å². The lowest BCUT2D eigenvalue weighted by Crippen LogP contribution is -2.52. The maximum absolute atomic E-state index is 13.8. The van der Waals surface area contributed by atoms with Crippen LogP contribution in [0.2, 0.25) is 0 Å². The summed E-state index contributed by atoms with van der Waals surface area (Å²) in [5.74, 6) is -2.03. The van der Waals surface area contributed by atoms with Crippen LogP contribution in [0.3, 0.4) is 0 Å². The summed E-state index contributed by atoms with van der Waals surface area (Å²) in [5.41, 5.74) is 1.30. The number of benzene rings is 1. The summed E-state index contributed by atoms with van der Waals surface area (Å²) in [6, 6.07) is 7.24. The second-order valence-corrected chi connectivity index (χ2v) is 9.00. The van der Waals surface area contributed by atoms with Crippen LogP contribution in [-0.4, -0.2) is 70.1 Å². The van der Waals surface area contributed by atoms with Gasteiger partial charge in [-0.2, -0.15) is 0 Å². The number of methoxy groups -OCH3 is 1. The fourth-order valence-corrected chi connectivity index (χ4v) is 4.28. The van der Waals surface area contributed by atoms with E-state index in [0.717, 1.165) is 30.4 Å². The molecule has 3 aromatic rings.